The van der Waals surface area contributed by atoms with Gasteiger partial charge in [-0.05, 0) is 36.8 Å². The van der Waals surface area contributed by atoms with Crippen LogP contribution in [0.2, 0.25) is 0 Å². The minimum absolute atomic E-state index is 0.0959. The van der Waals surface area contributed by atoms with Crippen LogP contribution in [-0.4, -0.2) is 25.7 Å². The summed E-state index contributed by atoms with van der Waals surface area (Å²) in [5, 5.41) is 6.87. The molecule has 0 aliphatic rings. The molecule has 0 radical (unpaired) electrons. The Morgan fingerprint density at radius 1 is 1.26 bits per heavy atom. The number of hydrogen-bond acceptors (Lipinski definition) is 4. The van der Waals surface area contributed by atoms with Gasteiger partial charge in [-0.25, -0.2) is 9.67 Å². The fourth-order valence-electron chi connectivity index (χ4n) is 2.22. The van der Waals surface area contributed by atoms with Crippen LogP contribution in [0.3, 0.4) is 0 Å². The van der Waals surface area contributed by atoms with E-state index in [0.29, 0.717) is 0 Å². The molecule has 116 valence electrons. The number of hydrogen-bond donors (Lipinski definition) is 2. The summed E-state index contributed by atoms with van der Waals surface area (Å²) in [4.78, 5) is 30.2. The van der Waals surface area contributed by atoms with Crippen LogP contribution in [0.15, 0.2) is 60.0 Å². The molecule has 0 fully saturated rings. The van der Waals surface area contributed by atoms with Crippen molar-refractivity contribution in [1.82, 2.24) is 25.1 Å². The van der Waals surface area contributed by atoms with Crippen molar-refractivity contribution >= 4 is 5.91 Å². The van der Waals surface area contributed by atoms with Crippen LogP contribution in [-0.2, 0) is 0 Å². The molecule has 3 aromatic rings. The Labute approximate surface area is 132 Å². The Kier molecular flexibility index (Phi) is 4.01. The molecule has 3 rings (SSSR count). The predicted molar refractivity (Wildman–Crippen MR) is 84.3 cm³/mol. The zero-order chi connectivity index (χ0) is 16.2. The number of nitrogens with zero attached hydrogens (tertiary/aromatic N) is 3. The Morgan fingerprint density at radius 2 is 2.04 bits per heavy atom. The zero-order valence-corrected chi connectivity index (χ0v) is 12.4. The van der Waals surface area contributed by atoms with Gasteiger partial charge in [-0.2, -0.15) is 5.10 Å². The highest BCUT2D eigenvalue weighted by atomic mass is 16.2. The Hall–Kier alpha value is -3.22. The van der Waals surface area contributed by atoms with Crippen LogP contribution >= 0.6 is 0 Å². The van der Waals surface area contributed by atoms with Crippen molar-refractivity contribution in [1.29, 1.82) is 0 Å². The lowest BCUT2D eigenvalue weighted by Gasteiger charge is -2.14. The third-order valence-electron chi connectivity index (χ3n) is 3.49. The molecule has 1 amide bonds. The smallest absolute Gasteiger partial charge is 0.260 e. The molecule has 23 heavy (non-hydrogen) atoms. The van der Waals surface area contributed by atoms with Crippen LogP contribution in [0.25, 0.3) is 5.69 Å². The SMILES string of the molecule is CC(NC(=O)c1ccc[nH]c1=O)c1ccc(-n2cncn2)cc1. The van der Waals surface area contributed by atoms with Gasteiger partial charge in [0.05, 0.1) is 11.7 Å². The minimum atomic E-state index is -0.404. The summed E-state index contributed by atoms with van der Waals surface area (Å²) in [6.45, 7) is 1.86. The highest BCUT2D eigenvalue weighted by Gasteiger charge is 2.14. The molecule has 0 saturated carbocycles. The monoisotopic (exact) mass is 309 g/mol. The second-order valence-electron chi connectivity index (χ2n) is 5.04. The van der Waals surface area contributed by atoms with Gasteiger partial charge in [0.1, 0.15) is 18.2 Å². The third-order valence-corrected chi connectivity index (χ3v) is 3.49. The lowest BCUT2D eigenvalue weighted by molar-refractivity contribution is 0.0938. The lowest BCUT2D eigenvalue weighted by atomic mass is 10.1. The highest BCUT2D eigenvalue weighted by molar-refractivity contribution is 5.93. The van der Waals surface area contributed by atoms with Crippen LogP contribution in [0.1, 0.15) is 28.9 Å². The quantitative estimate of drug-likeness (QED) is 0.763. The van der Waals surface area contributed by atoms with Crippen molar-refractivity contribution < 1.29 is 4.79 Å². The van der Waals surface area contributed by atoms with E-state index in [9.17, 15) is 9.59 Å². The number of benzene rings is 1. The third kappa shape index (κ3) is 3.18. The Morgan fingerprint density at radius 3 is 2.70 bits per heavy atom. The molecule has 7 nitrogen and oxygen atoms in total. The molecular formula is C16H15N5O2. The second-order valence-corrected chi connectivity index (χ2v) is 5.04. The summed E-state index contributed by atoms with van der Waals surface area (Å²) in [5.74, 6) is -0.403. The van der Waals surface area contributed by atoms with Crippen LogP contribution in [0.5, 0.6) is 0 Å². The molecule has 2 heterocycles. The number of amides is 1. The number of carbonyl (C=O) groups excluding carboxylic acids is 1. The number of nitrogens with one attached hydrogen (secondary N) is 2. The summed E-state index contributed by atoms with van der Waals surface area (Å²) in [7, 11) is 0. The molecule has 0 bridgehead atoms. The normalized spacial score (nSPS) is 11.9. The summed E-state index contributed by atoms with van der Waals surface area (Å²) in [6, 6.07) is 10.5. The molecule has 1 unspecified atom stereocenters. The van der Waals surface area contributed by atoms with Gasteiger partial charge in [0.25, 0.3) is 11.5 Å². The molecule has 2 aromatic heterocycles. The summed E-state index contributed by atoms with van der Waals surface area (Å²) in [5.41, 5.74) is 1.50. The first-order valence-electron chi connectivity index (χ1n) is 7.08. The van der Waals surface area contributed by atoms with E-state index in [2.05, 4.69) is 20.4 Å². The van der Waals surface area contributed by atoms with Crippen molar-refractivity contribution in [3.63, 3.8) is 0 Å². The van der Waals surface area contributed by atoms with Crippen molar-refractivity contribution in [2.45, 2.75) is 13.0 Å². The maximum Gasteiger partial charge on any atom is 0.260 e. The number of H-pyrrole nitrogens is 1. The molecule has 0 saturated heterocycles. The van der Waals surface area contributed by atoms with Gasteiger partial charge in [-0.3, -0.25) is 9.59 Å². The van der Waals surface area contributed by atoms with Crippen molar-refractivity contribution in [2.24, 2.45) is 0 Å². The van der Waals surface area contributed by atoms with E-state index in [1.165, 1.54) is 18.6 Å². The van der Waals surface area contributed by atoms with Crippen LogP contribution in [0.4, 0.5) is 0 Å². The fraction of sp³-hybridized carbons (Fsp3) is 0.125. The molecule has 1 atom stereocenters. The standard InChI is InChI=1S/C16H15N5O2/c1-11(20-16(23)14-3-2-8-18-15(14)22)12-4-6-13(7-5-12)21-10-17-9-19-21/h2-11H,1H3,(H,18,22)(H,20,23). The topological polar surface area (TPSA) is 92.7 Å². The fourth-order valence-corrected chi connectivity index (χ4v) is 2.22. The van der Waals surface area contributed by atoms with Crippen molar-refractivity contribution in [3.05, 3.63) is 76.7 Å². The number of rotatable bonds is 4. The van der Waals surface area contributed by atoms with Gasteiger partial charge in [-0.1, -0.05) is 12.1 Å². The predicted octanol–water partition coefficient (Wildman–Crippen LogP) is 1.45. The number of aromatic amines is 1. The molecule has 7 heteroatoms. The molecular weight excluding hydrogens is 294 g/mol. The van der Waals surface area contributed by atoms with Crippen LogP contribution in [0, 0.1) is 0 Å². The number of carbonyl (C=O) groups is 1. The van der Waals surface area contributed by atoms with E-state index in [4.69, 9.17) is 0 Å². The van der Waals surface area contributed by atoms with Gasteiger partial charge in [0, 0.05) is 6.20 Å². The molecule has 1 aromatic carbocycles. The van der Waals surface area contributed by atoms with E-state index in [-0.39, 0.29) is 11.6 Å². The maximum atomic E-state index is 12.1. The maximum absolute atomic E-state index is 12.1. The molecule has 2 N–H and O–H groups in total. The number of pyridine rings is 1. The minimum Gasteiger partial charge on any atom is -0.345 e. The molecule has 0 aliphatic heterocycles. The van der Waals surface area contributed by atoms with Gasteiger partial charge in [0.15, 0.2) is 0 Å². The van der Waals surface area contributed by atoms with Gasteiger partial charge >= 0.3 is 0 Å². The first kappa shape index (κ1) is 14.7. The number of aromatic nitrogens is 4. The lowest BCUT2D eigenvalue weighted by Crippen LogP contribution is -2.31. The average molecular weight is 309 g/mol. The Balaban J connectivity index is 1.73. The first-order chi connectivity index (χ1) is 11.1. The largest absolute Gasteiger partial charge is 0.345 e. The van der Waals surface area contributed by atoms with E-state index in [1.54, 1.807) is 17.1 Å². The summed E-state index contributed by atoms with van der Waals surface area (Å²) < 4.78 is 1.65. The Bertz CT molecular complexity index is 853. The second kappa shape index (κ2) is 6.27. The van der Waals surface area contributed by atoms with Crippen molar-refractivity contribution in [3.8, 4) is 5.69 Å². The van der Waals surface area contributed by atoms with Gasteiger partial charge < -0.3 is 10.3 Å². The van der Waals surface area contributed by atoms with E-state index >= 15 is 0 Å². The van der Waals surface area contributed by atoms with Crippen LogP contribution < -0.4 is 10.9 Å². The molecule has 0 aliphatic carbocycles. The van der Waals surface area contributed by atoms with Gasteiger partial charge in [-0.15, -0.1) is 0 Å². The summed E-state index contributed by atoms with van der Waals surface area (Å²) in [6.07, 6.45) is 4.57. The molecule has 0 spiro atoms. The van der Waals surface area contributed by atoms with E-state index < -0.39 is 11.5 Å². The van der Waals surface area contributed by atoms with Gasteiger partial charge in [0.2, 0.25) is 0 Å². The average Bonchev–Trinajstić information content (AvgIpc) is 3.09. The highest BCUT2D eigenvalue weighted by Crippen LogP contribution is 2.15. The zero-order valence-electron chi connectivity index (χ0n) is 12.4. The summed E-state index contributed by atoms with van der Waals surface area (Å²) >= 11 is 0. The van der Waals surface area contributed by atoms with Crippen molar-refractivity contribution in [2.75, 3.05) is 0 Å². The van der Waals surface area contributed by atoms with E-state index in [0.717, 1.165) is 11.3 Å². The van der Waals surface area contributed by atoms with E-state index in [1.807, 2.05) is 31.2 Å². The first-order valence-corrected chi connectivity index (χ1v) is 7.08.